The van der Waals surface area contributed by atoms with Gasteiger partial charge in [0.05, 0.1) is 6.61 Å². The van der Waals surface area contributed by atoms with Crippen LogP contribution in [-0.4, -0.2) is 31.1 Å². The molecule has 2 nitrogen and oxygen atoms in total. The molecular weight excluding hydrogens is 294 g/mol. The van der Waals surface area contributed by atoms with Crippen molar-refractivity contribution in [3.8, 4) is 5.75 Å². The molecule has 0 saturated carbocycles. The summed E-state index contributed by atoms with van der Waals surface area (Å²) >= 11 is 5.93. The van der Waals surface area contributed by atoms with Crippen LogP contribution in [0.1, 0.15) is 51.9 Å². The Morgan fingerprint density at radius 1 is 1.09 bits per heavy atom. The van der Waals surface area contributed by atoms with E-state index in [2.05, 4.69) is 11.8 Å². The number of likely N-dealkylation sites (tertiary alicyclic amines) is 1. The number of piperidine rings is 1. The van der Waals surface area contributed by atoms with Crippen LogP contribution < -0.4 is 4.74 Å². The van der Waals surface area contributed by atoms with Crippen LogP contribution in [0, 0.1) is 5.92 Å². The SMILES string of the molecule is CC1CCN(CCCCCCCOc2cccc(Cl)c2)CC1. The van der Waals surface area contributed by atoms with Gasteiger partial charge in [0.1, 0.15) is 5.75 Å². The molecule has 1 heterocycles. The molecule has 1 fully saturated rings. The zero-order valence-electron chi connectivity index (χ0n) is 13.9. The number of benzene rings is 1. The number of ether oxygens (including phenoxy) is 1. The molecule has 1 saturated heterocycles. The summed E-state index contributed by atoms with van der Waals surface area (Å²) in [6.45, 7) is 7.10. The minimum Gasteiger partial charge on any atom is -0.494 e. The third kappa shape index (κ3) is 7.02. The Kier molecular flexibility index (Phi) is 8.11. The minimum absolute atomic E-state index is 0.740. The summed E-state index contributed by atoms with van der Waals surface area (Å²) in [5.74, 6) is 1.82. The van der Waals surface area contributed by atoms with Crippen LogP contribution in [0.5, 0.6) is 5.75 Å². The molecule has 0 amide bonds. The Labute approximate surface area is 140 Å². The largest absolute Gasteiger partial charge is 0.494 e. The minimum atomic E-state index is 0.740. The van der Waals surface area contributed by atoms with Crippen LogP contribution in [0.2, 0.25) is 5.02 Å². The van der Waals surface area contributed by atoms with E-state index >= 15 is 0 Å². The molecule has 0 aliphatic carbocycles. The average molecular weight is 324 g/mol. The zero-order chi connectivity index (χ0) is 15.6. The van der Waals surface area contributed by atoms with Gasteiger partial charge in [-0.3, -0.25) is 0 Å². The van der Waals surface area contributed by atoms with Crippen molar-refractivity contribution < 1.29 is 4.74 Å². The molecule has 22 heavy (non-hydrogen) atoms. The van der Waals surface area contributed by atoms with Gasteiger partial charge in [-0.15, -0.1) is 0 Å². The predicted octanol–water partition coefficient (Wildman–Crippen LogP) is 5.40. The Hall–Kier alpha value is -0.730. The van der Waals surface area contributed by atoms with Crippen LogP contribution >= 0.6 is 11.6 Å². The highest BCUT2D eigenvalue weighted by molar-refractivity contribution is 6.30. The molecule has 1 aromatic carbocycles. The molecular formula is C19H30ClNO. The van der Waals surface area contributed by atoms with E-state index in [9.17, 15) is 0 Å². The summed E-state index contributed by atoms with van der Waals surface area (Å²) in [5, 5.41) is 0.740. The fourth-order valence-corrected chi connectivity index (χ4v) is 3.18. The summed E-state index contributed by atoms with van der Waals surface area (Å²) in [6, 6.07) is 7.64. The maximum atomic E-state index is 5.93. The van der Waals surface area contributed by atoms with Crippen molar-refractivity contribution in [1.82, 2.24) is 4.90 Å². The third-order valence-electron chi connectivity index (χ3n) is 4.56. The van der Waals surface area contributed by atoms with Crippen LogP contribution in [-0.2, 0) is 0 Å². The van der Waals surface area contributed by atoms with E-state index in [-0.39, 0.29) is 0 Å². The first kappa shape index (κ1) is 17.6. The van der Waals surface area contributed by atoms with Crippen LogP contribution in [0.4, 0.5) is 0 Å². The smallest absolute Gasteiger partial charge is 0.120 e. The van der Waals surface area contributed by atoms with E-state index < -0.39 is 0 Å². The van der Waals surface area contributed by atoms with Crippen LogP contribution in [0.25, 0.3) is 0 Å². The van der Waals surface area contributed by atoms with E-state index in [4.69, 9.17) is 16.3 Å². The second kappa shape index (κ2) is 10.1. The van der Waals surface area contributed by atoms with Crippen molar-refractivity contribution in [3.63, 3.8) is 0 Å². The molecule has 0 aromatic heterocycles. The van der Waals surface area contributed by atoms with Crippen molar-refractivity contribution in [2.45, 2.75) is 51.9 Å². The number of rotatable bonds is 9. The molecule has 0 spiro atoms. The van der Waals surface area contributed by atoms with Crippen molar-refractivity contribution in [2.24, 2.45) is 5.92 Å². The van der Waals surface area contributed by atoms with Gasteiger partial charge in [-0.25, -0.2) is 0 Å². The van der Waals surface area contributed by atoms with E-state index in [1.165, 1.54) is 58.2 Å². The highest BCUT2D eigenvalue weighted by Gasteiger charge is 2.14. The summed E-state index contributed by atoms with van der Waals surface area (Å²) in [4.78, 5) is 2.64. The average Bonchev–Trinajstić information content (AvgIpc) is 2.52. The van der Waals surface area contributed by atoms with Gasteiger partial charge in [0.15, 0.2) is 0 Å². The Bertz CT molecular complexity index is 416. The van der Waals surface area contributed by atoms with Gasteiger partial charge in [0.2, 0.25) is 0 Å². The second-order valence-electron chi connectivity index (χ2n) is 6.60. The molecule has 0 unspecified atom stereocenters. The number of halogens is 1. The molecule has 2 rings (SSSR count). The predicted molar refractivity (Wildman–Crippen MR) is 94.9 cm³/mol. The lowest BCUT2D eigenvalue weighted by atomic mass is 9.99. The zero-order valence-corrected chi connectivity index (χ0v) is 14.7. The van der Waals surface area contributed by atoms with Crippen LogP contribution in [0.3, 0.4) is 0 Å². The first-order valence-electron chi connectivity index (χ1n) is 8.85. The van der Waals surface area contributed by atoms with Gasteiger partial charge in [0, 0.05) is 5.02 Å². The van der Waals surface area contributed by atoms with Gasteiger partial charge < -0.3 is 9.64 Å². The molecule has 0 radical (unpaired) electrons. The standard InChI is InChI=1S/C19H30ClNO/c1-17-10-13-21(14-11-17)12-5-3-2-4-6-15-22-19-9-7-8-18(20)16-19/h7-9,16-17H,2-6,10-15H2,1H3. The summed E-state index contributed by atoms with van der Waals surface area (Å²) in [7, 11) is 0. The maximum absolute atomic E-state index is 5.93. The summed E-state index contributed by atoms with van der Waals surface area (Å²) < 4.78 is 5.71. The number of hydrogen-bond acceptors (Lipinski definition) is 2. The third-order valence-corrected chi connectivity index (χ3v) is 4.79. The Balaban J connectivity index is 1.41. The monoisotopic (exact) mass is 323 g/mol. The summed E-state index contributed by atoms with van der Waals surface area (Å²) in [5.41, 5.74) is 0. The fraction of sp³-hybridized carbons (Fsp3) is 0.684. The lowest BCUT2D eigenvalue weighted by Crippen LogP contribution is -2.33. The number of unbranched alkanes of at least 4 members (excludes halogenated alkanes) is 4. The van der Waals surface area contributed by atoms with E-state index in [0.717, 1.165) is 29.7 Å². The van der Waals surface area contributed by atoms with Crippen molar-refractivity contribution in [3.05, 3.63) is 29.3 Å². The molecule has 1 aliphatic rings. The first-order chi connectivity index (χ1) is 10.7. The Morgan fingerprint density at radius 3 is 2.59 bits per heavy atom. The number of nitrogens with zero attached hydrogens (tertiary/aromatic N) is 1. The quantitative estimate of drug-likeness (QED) is 0.564. The van der Waals surface area contributed by atoms with Crippen molar-refractivity contribution in [2.75, 3.05) is 26.2 Å². The topological polar surface area (TPSA) is 12.5 Å². The number of hydrogen-bond donors (Lipinski definition) is 0. The first-order valence-corrected chi connectivity index (χ1v) is 9.22. The van der Waals surface area contributed by atoms with Crippen LogP contribution in [0.15, 0.2) is 24.3 Å². The highest BCUT2D eigenvalue weighted by Crippen LogP contribution is 2.18. The molecule has 0 atom stereocenters. The lowest BCUT2D eigenvalue weighted by molar-refractivity contribution is 0.189. The lowest BCUT2D eigenvalue weighted by Gasteiger charge is -2.30. The molecule has 124 valence electrons. The summed E-state index contributed by atoms with van der Waals surface area (Å²) in [6.07, 6.45) is 9.20. The molecule has 1 aliphatic heterocycles. The van der Waals surface area contributed by atoms with Gasteiger partial charge in [-0.05, 0) is 69.4 Å². The molecule has 3 heteroatoms. The second-order valence-corrected chi connectivity index (χ2v) is 7.03. The molecule has 0 N–H and O–H groups in total. The fourth-order valence-electron chi connectivity index (χ4n) is 3.00. The van der Waals surface area contributed by atoms with Gasteiger partial charge >= 0.3 is 0 Å². The van der Waals surface area contributed by atoms with Crippen molar-refractivity contribution in [1.29, 1.82) is 0 Å². The van der Waals surface area contributed by atoms with Gasteiger partial charge in [-0.1, -0.05) is 43.9 Å². The van der Waals surface area contributed by atoms with Gasteiger partial charge in [-0.2, -0.15) is 0 Å². The van der Waals surface area contributed by atoms with E-state index in [1.54, 1.807) is 0 Å². The maximum Gasteiger partial charge on any atom is 0.120 e. The normalized spacial score (nSPS) is 16.8. The van der Waals surface area contributed by atoms with E-state index in [0.29, 0.717) is 0 Å². The van der Waals surface area contributed by atoms with Crippen molar-refractivity contribution >= 4 is 11.6 Å². The molecule has 1 aromatic rings. The highest BCUT2D eigenvalue weighted by atomic mass is 35.5. The van der Waals surface area contributed by atoms with E-state index in [1.807, 2.05) is 24.3 Å². The Morgan fingerprint density at radius 2 is 1.82 bits per heavy atom. The van der Waals surface area contributed by atoms with Gasteiger partial charge in [0.25, 0.3) is 0 Å². The molecule has 0 bridgehead atoms.